The van der Waals surface area contributed by atoms with E-state index in [9.17, 15) is 13.2 Å². The van der Waals surface area contributed by atoms with Crippen LogP contribution in [0.25, 0.3) is 0 Å². The van der Waals surface area contributed by atoms with E-state index in [-0.39, 0.29) is 28.0 Å². The predicted octanol–water partition coefficient (Wildman–Crippen LogP) is 1.21. The SMILES string of the molecule is Cc1sc(C(=O)O)cc1S(=O)(=O)N[C@@H]1C[C@@H]2O[C@H]1[C@H]1C[C@H]12. The summed E-state index contributed by atoms with van der Waals surface area (Å²) in [5.74, 6) is 0.0421. The van der Waals surface area contributed by atoms with Crippen molar-refractivity contribution in [2.75, 3.05) is 0 Å². The predicted molar refractivity (Wildman–Crippen MR) is 75.0 cm³/mol. The minimum atomic E-state index is -3.70. The third-order valence-corrected chi connectivity index (χ3v) is 7.47. The molecule has 1 aromatic rings. The molecular weight excluding hydrogens is 314 g/mol. The van der Waals surface area contributed by atoms with E-state index in [1.165, 1.54) is 6.07 Å². The smallest absolute Gasteiger partial charge is 0.345 e. The van der Waals surface area contributed by atoms with Gasteiger partial charge in [-0.05, 0) is 37.7 Å². The third kappa shape index (κ3) is 2.04. The average molecular weight is 329 g/mol. The summed E-state index contributed by atoms with van der Waals surface area (Å²) in [5.41, 5.74) is 0. The van der Waals surface area contributed by atoms with Crippen molar-refractivity contribution in [3.8, 4) is 0 Å². The number of sulfonamides is 1. The Morgan fingerprint density at radius 1 is 1.43 bits per heavy atom. The molecule has 0 amide bonds. The quantitative estimate of drug-likeness (QED) is 0.866. The van der Waals surface area contributed by atoms with Crippen molar-refractivity contribution in [3.63, 3.8) is 0 Å². The number of aryl methyl sites for hydroxylation is 1. The highest BCUT2D eigenvalue weighted by atomic mass is 32.2. The Hall–Kier alpha value is -0.960. The minimum absolute atomic E-state index is 0.00680. The number of carbonyl (C=O) groups is 1. The number of thiophene rings is 1. The van der Waals surface area contributed by atoms with Crippen LogP contribution < -0.4 is 4.72 Å². The second kappa shape index (κ2) is 4.28. The lowest BCUT2D eigenvalue weighted by molar-refractivity contribution is 0.0677. The summed E-state index contributed by atoms with van der Waals surface area (Å²) < 4.78 is 33.5. The number of hydrogen-bond donors (Lipinski definition) is 2. The molecule has 0 aromatic carbocycles. The molecule has 6 nitrogen and oxygen atoms in total. The van der Waals surface area contributed by atoms with Gasteiger partial charge in [0.25, 0.3) is 0 Å². The van der Waals surface area contributed by atoms with Crippen LogP contribution in [0, 0.1) is 18.8 Å². The second-order valence-corrected chi connectivity index (χ2v) is 8.94. The molecule has 114 valence electrons. The first-order chi connectivity index (χ1) is 9.87. The van der Waals surface area contributed by atoms with Gasteiger partial charge in [0, 0.05) is 4.88 Å². The van der Waals surface area contributed by atoms with E-state index < -0.39 is 16.0 Å². The van der Waals surface area contributed by atoms with Gasteiger partial charge in [-0.3, -0.25) is 0 Å². The first kappa shape index (κ1) is 13.7. The first-order valence-corrected chi connectivity index (χ1v) is 9.18. The molecule has 3 heterocycles. The number of carboxylic acids is 1. The van der Waals surface area contributed by atoms with E-state index in [0.29, 0.717) is 16.7 Å². The molecule has 21 heavy (non-hydrogen) atoms. The fourth-order valence-corrected chi connectivity index (χ4v) is 6.36. The molecule has 2 aliphatic heterocycles. The lowest BCUT2D eigenvalue weighted by Gasteiger charge is -2.19. The van der Waals surface area contributed by atoms with Crippen LogP contribution in [0.15, 0.2) is 11.0 Å². The first-order valence-electron chi connectivity index (χ1n) is 6.88. The Bertz CT molecular complexity index is 725. The summed E-state index contributed by atoms with van der Waals surface area (Å²) in [6.45, 7) is 1.62. The molecule has 3 aliphatic rings. The molecule has 1 aliphatic carbocycles. The molecule has 0 unspecified atom stereocenters. The highest BCUT2D eigenvalue weighted by Crippen LogP contribution is 2.58. The van der Waals surface area contributed by atoms with Crippen LogP contribution in [0.1, 0.15) is 27.4 Å². The summed E-state index contributed by atoms with van der Waals surface area (Å²) in [7, 11) is -3.70. The van der Waals surface area contributed by atoms with Crippen LogP contribution in [-0.2, 0) is 14.8 Å². The van der Waals surface area contributed by atoms with E-state index in [1.807, 2.05) is 0 Å². The number of fused-ring (bicyclic) bond motifs is 5. The Labute approximate surface area is 126 Å². The van der Waals surface area contributed by atoms with Gasteiger partial charge < -0.3 is 9.84 Å². The molecule has 0 radical (unpaired) electrons. The van der Waals surface area contributed by atoms with E-state index in [1.54, 1.807) is 6.92 Å². The van der Waals surface area contributed by atoms with Crippen LogP contribution in [0.2, 0.25) is 0 Å². The van der Waals surface area contributed by atoms with Crippen molar-refractivity contribution in [2.45, 2.75) is 42.9 Å². The Morgan fingerprint density at radius 3 is 2.76 bits per heavy atom. The number of ether oxygens (including phenoxy) is 1. The van der Waals surface area contributed by atoms with Crippen LogP contribution in [0.3, 0.4) is 0 Å². The van der Waals surface area contributed by atoms with E-state index in [0.717, 1.165) is 24.2 Å². The van der Waals surface area contributed by atoms with E-state index in [4.69, 9.17) is 9.84 Å². The summed E-state index contributed by atoms with van der Waals surface area (Å²) in [4.78, 5) is 11.6. The molecule has 2 saturated heterocycles. The van der Waals surface area contributed by atoms with Crippen molar-refractivity contribution >= 4 is 27.3 Å². The van der Waals surface area contributed by atoms with Gasteiger partial charge in [-0.2, -0.15) is 0 Å². The fraction of sp³-hybridized carbons (Fsp3) is 0.615. The monoisotopic (exact) mass is 329 g/mol. The molecule has 2 bridgehead atoms. The average Bonchev–Trinajstić information content (AvgIpc) is 2.78. The topological polar surface area (TPSA) is 92.7 Å². The fourth-order valence-electron chi connectivity index (χ4n) is 3.67. The van der Waals surface area contributed by atoms with Gasteiger partial charge in [0.15, 0.2) is 0 Å². The number of aromatic carboxylic acids is 1. The van der Waals surface area contributed by atoms with Crippen molar-refractivity contribution < 1.29 is 23.1 Å². The minimum Gasteiger partial charge on any atom is -0.477 e. The zero-order valence-electron chi connectivity index (χ0n) is 11.3. The van der Waals surface area contributed by atoms with Crippen molar-refractivity contribution in [1.29, 1.82) is 0 Å². The zero-order chi connectivity index (χ0) is 14.9. The number of hydrogen-bond acceptors (Lipinski definition) is 5. The number of rotatable bonds is 4. The van der Waals surface area contributed by atoms with Gasteiger partial charge in [-0.1, -0.05) is 0 Å². The maximum atomic E-state index is 12.5. The summed E-state index contributed by atoms with van der Waals surface area (Å²) in [6, 6.07) is 1.05. The molecule has 1 aromatic heterocycles. The largest absolute Gasteiger partial charge is 0.477 e. The maximum Gasteiger partial charge on any atom is 0.345 e. The molecule has 4 rings (SSSR count). The lowest BCUT2D eigenvalue weighted by Crippen LogP contribution is -2.42. The van der Waals surface area contributed by atoms with Gasteiger partial charge in [0.1, 0.15) is 4.88 Å². The molecule has 0 spiro atoms. The van der Waals surface area contributed by atoms with E-state index in [2.05, 4.69) is 4.72 Å². The second-order valence-electron chi connectivity index (χ2n) is 6.00. The van der Waals surface area contributed by atoms with Gasteiger partial charge in [-0.25, -0.2) is 17.9 Å². The normalized spacial score (nSPS) is 36.7. The van der Waals surface area contributed by atoms with Crippen molar-refractivity contribution in [2.24, 2.45) is 11.8 Å². The van der Waals surface area contributed by atoms with Gasteiger partial charge in [0.2, 0.25) is 10.0 Å². The molecule has 3 fully saturated rings. The van der Waals surface area contributed by atoms with Crippen LogP contribution in [0.5, 0.6) is 0 Å². The molecule has 1 saturated carbocycles. The molecule has 8 heteroatoms. The lowest BCUT2D eigenvalue weighted by atomic mass is 9.96. The molecule has 2 N–H and O–H groups in total. The third-order valence-electron chi connectivity index (χ3n) is 4.68. The van der Waals surface area contributed by atoms with Crippen LogP contribution in [0.4, 0.5) is 0 Å². The number of carboxylic acid groups (broad SMARTS) is 1. The zero-order valence-corrected chi connectivity index (χ0v) is 12.9. The summed E-state index contributed by atoms with van der Waals surface area (Å²) in [6.07, 6.45) is 2.06. The maximum absolute atomic E-state index is 12.5. The Balaban J connectivity index is 1.58. The Morgan fingerprint density at radius 2 is 2.19 bits per heavy atom. The number of nitrogens with one attached hydrogen (secondary N) is 1. The van der Waals surface area contributed by atoms with Crippen molar-refractivity contribution in [3.05, 3.63) is 15.8 Å². The van der Waals surface area contributed by atoms with Gasteiger partial charge in [-0.15, -0.1) is 11.3 Å². The standard InChI is InChI=1S/C13H15NO5S2/c1-5-11(4-10(20-5)13(15)16)21(17,18)14-8-3-9-6-2-7(6)12(8)19-9/h4,6-9,12,14H,2-3H2,1H3,(H,15,16)/t6-,7+,8-,9+,12+/m1/s1. The van der Waals surface area contributed by atoms with E-state index >= 15 is 0 Å². The molecule has 5 atom stereocenters. The highest BCUT2D eigenvalue weighted by Gasteiger charge is 2.63. The van der Waals surface area contributed by atoms with Gasteiger partial charge >= 0.3 is 5.97 Å². The molecular formula is C13H15NO5S2. The van der Waals surface area contributed by atoms with Crippen LogP contribution >= 0.6 is 11.3 Å². The summed E-state index contributed by atoms with van der Waals surface area (Å²) >= 11 is 0.981. The van der Waals surface area contributed by atoms with Gasteiger partial charge in [0.05, 0.1) is 23.1 Å². The summed E-state index contributed by atoms with van der Waals surface area (Å²) in [5, 5.41) is 8.97. The van der Waals surface area contributed by atoms with Crippen molar-refractivity contribution in [1.82, 2.24) is 4.72 Å². The Kier molecular flexibility index (Phi) is 2.79. The van der Waals surface area contributed by atoms with Crippen LogP contribution in [-0.4, -0.2) is 37.7 Å². The highest BCUT2D eigenvalue weighted by molar-refractivity contribution is 7.89.